The summed E-state index contributed by atoms with van der Waals surface area (Å²) in [6.45, 7) is 0. The molecule has 0 spiro atoms. The Bertz CT molecular complexity index is 1600. The van der Waals surface area contributed by atoms with Crippen LogP contribution in [-0.4, -0.2) is 24.0 Å². The van der Waals surface area contributed by atoms with Crippen LogP contribution in [0.4, 0.5) is 22.7 Å². The van der Waals surface area contributed by atoms with Gasteiger partial charge in [-0.05, 0) is 95.8 Å². The lowest BCUT2D eigenvalue weighted by atomic mass is 10.0. The molecule has 228 valence electrons. The summed E-state index contributed by atoms with van der Waals surface area (Å²) in [5, 5.41) is 19.3. The number of quaternary nitrogens is 2. The predicted molar refractivity (Wildman–Crippen MR) is 166 cm³/mol. The fourth-order valence-electron chi connectivity index (χ4n) is 3.89. The normalized spacial score (nSPS) is 10.5. The molecule has 0 aliphatic carbocycles. The fraction of sp³-hybridized carbons (Fsp3) is 0.0606. The molecule has 0 heterocycles. The van der Waals surface area contributed by atoms with Crippen LogP contribution in [0.3, 0.4) is 0 Å². The summed E-state index contributed by atoms with van der Waals surface area (Å²) >= 11 is 0. The van der Waals surface area contributed by atoms with Crippen molar-refractivity contribution in [2.45, 2.75) is 17.7 Å². The molecule has 0 saturated heterocycles. The van der Waals surface area contributed by atoms with Crippen LogP contribution < -0.4 is 28.0 Å². The molecule has 0 aliphatic rings. The lowest BCUT2D eigenvalue weighted by Crippen LogP contribution is -2.39. The number of nitrogens with two attached hydrogens (primary N) is 2. The maximum atomic E-state index is 10.9. The van der Waals surface area contributed by atoms with Gasteiger partial charge in [-0.3, -0.25) is 0 Å². The number of carboxylic acid groups (broad SMARTS) is 1. The molecule has 5 aromatic carbocycles. The second-order valence-corrected chi connectivity index (χ2v) is 11.3. The van der Waals surface area contributed by atoms with E-state index in [1.54, 1.807) is 0 Å². The molecule has 0 bridgehead atoms. The number of benzene rings is 5. The Balaban J connectivity index is 0.000000181. The van der Waals surface area contributed by atoms with E-state index < -0.39 is 32.3 Å². The molecular formula is C33H34N4O6S. The van der Waals surface area contributed by atoms with Gasteiger partial charge >= 0.3 is 5.97 Å². The zero-order chi connectivity index (χ0) is 32.3. The first-order valence-corrected chi connectivity index (χ1v) is 14.7. The van der Waals surface area contributed by atoms with Crippen molar-refractivity contribution in [2.24, 2.45) is 0 Å². The van der Waals surface area contributed by atoms with Gasteiger partial charge < -0.3 is 37.7 Å². The van der Waals surface area contributed by atoms with Crippen LogP contribution in [0.15, 0.2) is 120 Å². The highest BCUT2D eigenvalue weighted by molar-refractivity contribution is 7.85. The van der Waals surface area contributed by atoms with Gasteiger partial charge in [-0.15, -0.1) is 0 Å². The molecule has 0 atom stereocenters. The quantitative estimate of drug-likeness (QED) is 0.141. The van der Waals surface area contributed by atoms with Crippen LogP contribution in [0.1, 0.15) is 32.6 Å². The second-order valence-electron chi connectivity index (χ2n) is 9.89. The van der Waals surface area contributed by atoms with Gasteiger partial charge in [0.25, 0.3) is 0 Å². The third-order valence-corrected chi connectivity index (χ3v) is 7.12. The van der Waals surface area contributed by atoms with Gasteiger partial charge in [0.15, 0.2) is 0 Å². The van der Waals surface area contributed by atoms with Gasteiger partial charge in [0.2, 0.25) is 0 Å². The zero-order valence-electron chi connectivity index (χ0n) is 23.8. The van der Waals surface area contributed by atoms with Crippen LogP contribution in [0, 0.1) is 0 Å². The van der Waals surface area contributed by atoms with Gasteiger partial charge in [-0.25, -0.2) is 13.2 Å². The van der Waals surface area contributed by atoms with Gasteiger partial charge in [-0.2, -0.15) is 0 Å². The first kappa shape index (κ1) is 33.3. The Morgan fingerprint density at radius 3 is 1.30 bits per heavy atom. The van der Waals surface area contributed by atoms with E-state index >= 15 is 0 Å². The minimum Gasteiger partial charge on any atom is -0.872 e. The monoisotopic (exact) mass is 614 g/mol. The van der Waals surface area contributed by atoms with Gasteiger partial charge in [0.1, 0.15) is 21.5 Å². The number of aromatic carboxylic acids is 1. The summed E-state index contributed by atoms with van der Waals surface area (Å²) in [6.07, 6.45) is 1.89. The third kappa shape index (κ3) is 10.9. The average molecular weight is 615 g/mol. The molecule has 0 fully saturated rings. The zero-order valence-corrected chi connectivity index (χ0v) is 24.7. The summed E-state index contributed by atoms with van der Waals surface area (Å²) in [5.74, 6) is -2.41. The Morgan fingerprint density at radius 1 is 0.636 bits per heavy atom. The molecule has 10 nitrogen and oxygen atoms in total. The molecule has 0 aromatic heterocycles. The molecule has 11 heteroatoms. The molecule has 0 radical (unpaired) electrons. The van der Waals surface area contributed by atoms with Crippen LogP contribution in [0.25, 0.3) is 0 Å². The first-order chi connectivity index (χ1) is 20.8. The molecule has 0 saturated carbocycles. The minimum absolute atomic E-state index is 0.549. The van der Waals surface area contributed by atoms with Crippen molar-refractivity contribution in [1.82, 2.24) is 0 Å². The number of anilines is 2. The lowest BCUT2D eigenvalue weighted by Gasteiger charge is -2.13. The van der Waals surface area contributed by atoms with E-state index in [9.17, 15) is 22.9 Å². The van der Waals surface area contributed by atoms with Crippen molar-refractivity contribution < 1.29 is 39.4 Å². The average Bonchev–Trinajstić information content (AvgIpc) is 2.98. The van der Waals surface area contributed by atoms with E-state index in [-0.39, 0.29) is 0 Å². The van der Waals surface area contributed by atoms with Gasteiger partial charge in [0.05, 0.1) is 10.5 Å². The van der Waals surface area contributed by atoms with Gasteiger partial charge in [-0.1, -0.05) is 60.3 Å². The third-order valence-electron chi connectivity index (χ3n) is 6.29. The van der Waals surface area contributed by atoms with Gasteiger partial charge in [0, 0.05) is 11.4 Å². The molecule has 44 heavy (non-hydrogen) atoms. The van der Waals surface area contributed by atoms with E-state index in [2.05, 4.69) is 60.0 Å². The number of hydrogen-bond donors (Lipinski definition) is 5. The lowest BCUT2D eigenvalue weighted by molar-refractivity contribution is -0.268. The van der Waals surface area contributed by atoms with Crippen LogP contribution in [-0.2, 0) is 23.0 Å². The maximum Gasteiger partial charge on any atom is 0.335 e. The van der Waals surface area contributed by atoms with Crippen LogP contribution in [0.2, 0.25) is 0 Å². The number of hydrogen-bond acceptors (Lipinski definition) is 7. The Morgan fingerprint density at radius 2 is 0.977 bits per heavy atom. The number of carbonyl (C=O) groups is 1. The molecule has 0 amide bonds. The maximum absolute atomic E-state index is 10.9. The van der Waals surface area contributed by atoms with E-state index in [4.69, 9.17) is 16.6 Å². The summed E-state index contributed by atoms with van der Waals surface area (Å²) in [5.41, 5.74) is 27.1. The summed E-state index contributed by atoms with van der Waals surface area (Å²) in [7, 11) is -4.73. The van der Waals surface area contributed by atoms with E-state index in [1.807, 2.05) is 48.5 Å². The van der Waals surface area contributed by atoms with E-state index in [1.165, 1.54) is 22.3 Å². The molecule has 11 N–H and O–H groups in total. The Labute approximate surface area is 256 Å². The molecule has 5 rings (SSSR count). The number of carboxylic acids is 1. The van der Waals surface area contributed by atoms with Crippen molar-refractivity contribution in [3.8, 4) is 5.75 Å². The summed E-state index contributed by atoms with van der Waals surface area (Å²) in [4.78, 5) is 9.68. The minimum atomic E-state index is -4.73. The smallest absolute Gasteiger partial charge is 0.335 e. The molecule has 0 aliphatic heterocycles. The molecular weight excluding hydrogens is 580 g/mol. The van der Waals surface area contributed by atoms with Crippen LogP contribution >= 0.6 is 0 Å². The Kier molecular flexibility index (Phi) is 11.6. The summed E-state index contributed by atoms with van der Waals surface area (Å²) in [6, 6.07) is 34.6. The van der Waals surface area contributed by atoms with E-state index in [0.717, 1.165) is 47.7 Å². The van der Waals surface area contributed by atoms with Crippen LogP contribution in [0.5, 0.6) is 5.75 Å². The molecule has 5 aromatic rings. The first-order valence-electron chi connectivity index (χ1n) is 13.3. The van der Waals surface area contributed by atoms with Crippen molar-refractivity contribution in [1.29, 1.82) is 0 Å². The van der Waals surface area contributed by atoms with E-state index in [0.29, 0.717) is 6.07 Å². The Hall–Kier alpha value is -5.20. The highest BCUT2D eigenvalue weighted by Gasteiger charge is 2.08. The number of rotatable bonds is 6. The standard InChI is InChI=1S/2C13H14N2.C7H6O6S/c2*14-12-5-1-10(2-6-12)9-11-3-7-13(15)8-4-11;8-6-2-1-4(14(11,12)13)3-5(6)7(9)10/h2*1-8H,9,14-15H2;1-3,8H,(H,9,10)(H,11,12,13). The highest BCUT2D eigenvalue weighted by Crippen LogP contribution is 2.19. The second kappa shape index (κ2) is 15.3. The number of nitrogen functional groups attached to an aromatic ring is 2. The summed E-state index contributed by atoms with van der Waals surface area (Å²) < 4.78 is 31.4. The van der Waals surface area contributed by atoms with Crippen molar-refractivity contribution in [2.75, 3.05) is 11.5 Å². The topological polar surface area (TPSA) is 225 Å². The molecule has 0 unspecified atom stereocenters. The van der Waals surface area contributed by atoms with Crippen molar-refractivity contribution >= 4 is 38.8 Å². The fourth-order valence-corrected chi connectivity index (χ4v) is 4.39. The van der Waals surface area contributed by atoms with Crippen molar-refractivity contribution in [3.05, 3.63) is 143 Å². The predicted octanol–water partition coefficient (Wildman–Crippen LogP) is 2.83. The SMILES string of the molecule is Nc1ccc(Cc2ccc([NH3+])cc2)cc1.Nc1ccc(Cc2ccc([NH3+])cc2)cc1.O=C(O)c1cc(S(=O)(=O)[O-])ccc1[O-]. The largest absolute Gasteiger partial charge is 0.872 e. The highest BCUT2D eigenvalue weighted by atomic mass is 32.2. The van der Waals surface area contributed by atoms with Crippen molar-refractivity contribution in [3.63, 3.8) is 0 Å².